The third kappa shape index (κ3) is 7.76. The lowest BCUT2D eigenvalue weighted by molar-refractivity contribution is -0.119. The highest BCUT2D eigenvalue weighted by Gasteiger charge is 2.19. The summed E-state index contributed by atoms with van der Waals surface area (Å²) < 4.78 is 33.6. The average Bonchev–Trinajstić information content (AvgIpc) is 3.02. The summed E-state index contributed by atoms with van der Waals surface area (Å²) in [5.41, 5.74) is 1.46. The number of halogens is 1. The van der Waals surface area contributed by atoms with E-state index in [9.17, 15) is 9.59 Å². The van der Waals surface area contributed by atoms with Gasteiger partial charge in [0, 0.05) is 56.4 Å². The fourth-order valence-corrected chi connectivity index (χ4v) is 4.96. The molecule has 230 valence electrons. The van der Waals surface area contributed by atoms with E-state index in [-0.39, 0.29) is 17.9 Å². The average molecular weight is 620 g/mol. The maximum Gasteiger partial charge on any atom is 0.338 e. The van der Waals surface area contributed by atoms with E-state index in [4.69, 9.17) is 14.2 Å². The van der Waals surface area contributed by atoms with Crippen molar-refractivity contribution in [2.45, 2.75) is 6.42 Å². The quantitative estimate of drug-likeness (QED) is 0.241. The van der Waals surface area contributed by atoms with Crippen molar-refractivity contribution in [2.24, 2.45) is 0 Å². The van der Waals surface area contributed by atoms with Crippen LogP contribution < -0.4 is 23.8 Å². The molecule has 1 aliphatic heterocycles. The number of amides is 3. The molecule has 0 aliphatic carbocycles. The van der Waals surface area contributed by atoms with Crippen molar-refractivity contribution >= 4 is 41.3 Å². The Bertz CT molecular complexity index is 1620. The van der Waals surface area contributed by atoms with Crippen LogP contribution in [0.3, 0.4) is 0 Å². The largest absolute Gasteiger partial charge is 0.493 e. The lowest BCUT2D eigenvalue weighted by Crippen LogP contribution is -2.45. The van der Waals surface area contributed by atoms with E-state index in [1.54, 1.807) is 55.8 Å². The molecule has 0 radical (unpaired) electrons. The Morgan fingerprint density at radius 3 is 2.48 bits per heavy atom. The number of methoxy groups -OCH3 is 1. The highest BCUT2D eigenvalue weighted by Crippen LogP contribution is 2.38. The molecule has 5 rings (SSSR count). The first kappa shape index (κ1) is 31.0. The van der Waals surface area contributed by atoms with Gasteiger partial charge in [-0.2, -0.15) is 0 Å². The smallest absolute Gasteiger partial charge is 0.338 e. The predicted molar refractivity (Wildman–Crippen MR) is 169 cm³/mol. The number of anilines is 1. The molecule has 1 saturated heterocycles. The Labute approximate surface area is 260 Å². The zero-order valence-electron chi connectivity index (χ0n) is 24.5. The van der Waals surface area contributed by atoms with Gasteiger partial charge in [-0.3, -0.25) is 20.0 Å². The second-order valence-corrected chi connectivity index (χ2v) is 10.8. The van der Waals surface area contributed by atoms with Gasteiger partial charge in [0.05, 0.1) is 24.7 Å². The van der Waals surface area contributed by atoms with Crippen LogP contribution >= 0.6 is 12.8 Å². The molecule has 0 unspecified atom stereocenters. The van der Waals surface area contributed by atoms with Crippen LogP contribution in [0.1, 0.15) is 5.56 Å². The topological polar surface area (TPSA) is 96.5 Å². The van der Waals surface area contributed by atoms with Gasteiger partial charge in [0.25, 0.3) is 0 Å². The number of fused-ring (bicyclic) bond motifs is 1. The van der Waals surface area contributed by atoms with Crippen LogP contribution in [0, 0.1) is 5.82 Å². The molecule has 0 saturated carbocycles. The number of imide groups is 1. The number of likely N-dealkylation sites (N-methyl/N-ethyl adjacent to an activating group) is 1. The molecule has 1 N–H and O–H groups in total. The summed E-state index contributed by atoms with van der Waals surface area (Å²) in [7, 11) is 3.68. The lowest BCUT2D eigenvalue weighted by Gasteiger charge is -2.32. The first-order valence-corrected chi connectivity index (χ1v) is 14.6. The van der Waals surface area contributed by atoms with Gasteiger partial charge >= 0.3 is 6.03 Å². The van der Waals surface area contributed by atoms with Gasteiger partial charge in [0.15, 0.2) is 23.1 Å². The summed E-state index contributed by atoms with van der Waals surface area (Å²) in [6.07, 6.45) is 1.58. The molecule has 44 heavy (non-hydrogen) atoms. The number of benzene rings is 3. The number of hydrogen-bond donors (Lipinski definition) is 2. The maximum absolute atomic E-state index is 15.2. The number of urea groups is 1. The van der Waals surface area contributed by atoms with E-state index in [2.05, 4.69) is 40.0 Å². The van der Waals surface area contributed by atoms with Crippen molar-refractivity contribution in [1.82, 2.24) is 20.1 Å². The number of aromatic nitrogens is 1. The van der Waals surface area contributed by atoms with Crippen LogP contribution in [0.25, 0.3) is 10.9 Å². The van der Waals surface area contributed by atoms with Crippen LogP contribution in [0.2, 0.25) is 0 Å². The molecule has 4 aromatic rings. The van der Waals surface area contributed by atoms with Gasteiger partial charge in [-0.05, 0) is 36.9 Å². The van der Waals surface area contributed by atoms with E-state index in [1.807, 2.05) is 6.07 Å². The van der Waals surface area contributed by atoms with Gasteiger partial charge in [-0.25, -0.2) is 13.5 Å². The van der Waals surface area contributed by atoms with Gasteiger partial charge in [0.2, 0.25) is 5.91 Å². The number of pyridine rings is 1. The zero-order chi connectivity index (χ0) is 31.1. The first-order valence-electron chi connectivity index (χ1n) is 14.2. The number of piperazine rings is 1. The van der Waals surface area contributed by atoms with Gasteiger partial charge in [-0.1, -0.05) is 43.1 Å². The van der Waals surface area contributed by atoms with E-state index in [0.29, 0.717) is 34.8 Å². The van der Waals surface area contributed by atoms with Gasteiger partial charge < -0.3 is 19.1 Å². The Hall–Kier alpha value is -4.39. The first-order chi connectivity index (χ1) is 21.3. The summed E-state index contributed by atoms with van der Waals surface area (Å²) in [5, 5.41) is 2.85. The van der Waals surface area contributed by atoms with Crippen molar-refractivity contribution in [3.05, 3.63) is 84.3 Å². The molecule has 0 atom stereocenters. The number of rotatable bonds is 10. The molecule has 3 amide bonds. The molecule has 1 aromatic heterocycles. The van der Waals surface area contributed by atoms with E-state index >= 15 is 4.39 Å². The van der Waals surface area contributed by atoms with Gasteiger partial charge in [0.1, 0.15) is 12.4 Å². The molecule has 0 bridgehead atoms. The summed E-state index contributed by atoms with van der Waals surface area (Å²) in [4.78, 5) is 33.9. The third-order valence-electron chi connectivity index (χ3n) is 7.27. The van der Waals surface area contributed by atoms with Crippen molar-refractivity contribution in [3.8, 4) is 23.0 Å². The highest BCUT2D eigenvalue weighted by atomic mass is 32.1. The third-order valence-corrected chi connectivity index (χ3v) is 7.69. The Morgan fingerprint density at radius 1 is 0.977 bits per heavy atom. The maximum atomic E-state index is 15.2. The summed E-state index contributed by atoms with van der Waals surface area (Å²) >= 11 is 4.16. The van der Waals surface area contributed by atoms with Crippen LogP contribution in [0.15, 0.2) is 72.9 Å². The van der Waals surface area contributed by atoms with E-state index in [1.165, 1.54) is 12.1 Å². The minimum Gasteiger partial charge on any atom is -0.493 e. The standard InChI is InChI=1S/C32H34FN5O5S/c1-36-12-14-37(15-13-36)16-17-42-30-21-26-24(20-29(30)41-2)27(10-11-34-26)43-28-9-8-23(19-25(28)33)38(44)32(40)35-31(39)18-22-6-4-3-5-7-22/h3-11,19-21,44H,12-18H2,1-2H3,(H,35,39,40). The summed E-state index contributed by atoms with van der Waals surface area (Å²) in [6.45, 7) is 5.38. The molecule has 12 heteroatoms. The number of nitrogens with one attached hydrogen (secondary N) is 1. The Morgan fingerprint density at radius 2 is 1.75 bits per heavy atom. The second-order valence-electron chi connectivity index (χ2n) is 10.4. The molecule has 1 fully saturated rings. The fourth-order valence-electron chi connectivity index (χ4n) is 4.78. The molecule has 10 nitrogen and oxygen atoms in total. The number of ether oxygens (including phenoxy) is 3. The molecule has 0 spiro atoms. The van der Waals surface area contributed by atoms with Crippen LogP contribution in [-0.2, 0) is 11.2 Å². The van der Waals surface area contributed by atoms with Crippen molar-refractivity contribution in [2.75, 3.05) is 57.8 Å². The molecule has 1 aliphatic rings. The lowest BCUT2D eigenvalue weighted by atomic mass is 10.1. The SMILES string of the molecule is COc1cc2c(Oc3ccc(N(S)C(=O)NC(=O)Cc4ccccc4)cc3F)ccnc2cc1OCCN1CCN(C)CC1. The number of carbonyl (C=O) groups is 2. The van der Waals surface area contributed by atoms with Gasteiger partial charge in [-0.15, -0.1) is 0 Å². The normalized spacial score (nSPS) is 13.8. The van der Waals surface area contributed by atoms with Crippen LogP contribution in [0.4, 0.5) is 14.9 Å². The minimum absolute atomic E-state index is 0.0181. The van der Waals surface area contributed by atoms with Crippen molar-refractivity contribution in [3.63, 3.8) is 0 Å². The molecular weight excluding hydrogens is 585 g/mol. The molecular formula is C32H34FN5O5S. The van der Waals surface area contributed by atoms with E-state index < -0.39 is 17.8 Å². The molecule has 3 aromatic carbocycles. The molecule has 2 heterocycles. The van der Waals surface area contributed by atoms with Crippen molar-refractivity contribution in [1.29, 1.82) is 0 Å². The predicted octanol–water partition coefficient (Wildman–Crippen LogP) is 4.93. The number of hydrogen-bond acceptors (Lipinski definition) is 9. The summed E-state index contributed by atoms with van der Waals surface area (Å²) in [6, 6.07) is 17.3. The summed E-state index contributed by atoms with van der Waals surface area (Å²) in [5.74, 6) is 0.104. The van der Waals surface area contributed by atoms with E-state index in [0.717, 1.165) is 48.7 Å². The number of nitrogens with zero attached hydrogens (tertiary/aromatic N) is 4. The number of carbonyl (C=O) groups excluding carboxylic acids is 2. The van der Waals surface area contributed by atoms with Crippen LogP contribution in [0.5, 0.6) is 23.0 Å². The fraction of sp³-hybridized carbons (Fsp3) is 0.281. The second kappa shape index (κ2) is 14.4. The van der Waals surface area contributed by atoms with Crippen LogP contribution in [-0.4, -0.2) is 80.2 Å². The Balaban J connectivity index is 1.24. The number of thiol groups is 1. The Kier molecular flexibility index (Phi) is 10.2. The highest BCUT2D eigenvalue weighted by molar-refractivity contribution is 7.82. The monoisotopic (exact) mass is 619 g/mol. The van der Waals surface area contributed by atoms with Crippen molar-refractivity contribution < 1.29 is 28.2 Å². The zero-order valence-corrected chi connectivity index (χ0v) is 25.4. The minimum atomic E-state index is -0.809.